The summed E-state index contributed by atoms with van der Waals surface area (Å²) in [7, 11) is 0. The molecule has 1 saturated heterocycles. The lowest BCUT2D eigenvalue weighted by Gasteiger charge is -2.10. The number of carbonyl (C=O) groups is 1. The van der Waals surface area contributed by atoms with Gasteiger partial charge in [-0.2, -0.15) is 0 Å². The molecule has 148 valence electrons. The van der Waals surface area contributed by atoms with Crippen LogP contribution in [-0.4, -0.2) is 36.4 Å². The van der Waals surface area contributed by atoms with Gasteiger partial charge in [0.05, 0.1) is 12.7 Å². The molecule has 0 spiro atoms. The average Bonchev–Trinajstić information content (AvgIpc) is 3.04. The molecule has 1 aliphatic rings. The Labute approximate surface area is 155 Å². The second-order valence-corrected chi connectivity index (χ2v) is 7.61. The maximum absolute atomic E-state index is 11.7. The Balaban J connectivity index is 1.74. The molecule has 4 nitrogen and oxygen atoms in total. The van der Waals surface area contributed by atoms with Crippen molar-refractivity contribution in [3.63, 3.8) is 0 Å². The van der Waals surface area contributed by atoms with E-state index < -0.39 is 6.10 Å². The lowest BCUT2D eigenvalue weighted by molar-refractivity contribution is -0.146. The number of β-amino-alcohol motifs (C(OH)–C–C–N with tert-alkyl or cyclic N) is 1. The zero-order chi connectivity index (χ0) is 18.2. The van der Waals surface area contributed by atoms with E-state index in [2.05, 4.69) is 12.2 Å². The van der Waals surface area contributed by atoms with E-state index in [-0.39, 0.29) is 12.0 Å². The molecule has 1 heterocycles. The SMILES string of the molecule is CCCCCCCCCCCCCCCCOC(=O)[C@@H]1CC(O)CN1. The van der Waals surface area contributed by atoms with Gasteiger partial charge in [-0.3, -0.25) is 4.79 Å². The molecular formula is C21H41NO3. The van der Waals surface area contributed by atoms with Crippen molar-refractivity contribution in [1.29, 1.82) is 0 Å². The third-order valence-electron chi connectivity index (χ3n) is 5.13. The first-order valence-electron chi connectivity index (χ1n) is 10.8. The van der Waals surface area contributed by atoms with Gasteiger partial charge in [0.25, 0.3) is 0 Å². The maximum Gasteiger partial charge on any atom is 0.323 e. The number of ether oxygens (including phenoxy) is 1. The number of unbranched alkanes of at least 4 members (excludes halogenated alkanes) is 13. The van der Waals surface area contributed by atoms with Crippen LogP contribution in [0.3, 0.4) is 0 Å². The van der Waals surface area contributed by atoms with E-state index in [1.807, 2.05) is 0 Å². The summed E-state index contributed by atoms with van der Waals surface area (Å²) in [6, 6.07) is -0.304. The lowest BCUT2D eigenvalue weighted by atomic mass is 10.0. The summed E-state index contributed by atoms with van der Waals surface area (Å²) in [4.78, 5) is 11.7. The second kappa shape index (κ2) is 15.6. The van der Waals surface area contributed by atoms with E-state index in [1.165, 1.54) is 77.0 Å². The summed E-state index contributed by atoms with van der Waals surface area (Å²) in [6.07, 6.45) is 18.7. The van der Waals surface area contributed by atoms with Crippen molar-refractivity contribution >= 4 is 5.97 Å². The largest absolute Gasteiger partial charge is 0.465 e. The van der Waals surface area contributed by atoms with Gasteiger partial charge >= 0.3 is 5.97 Å². The highest BCUT2D eigenvalue weighted by Gasteiger charge is 2.28. The molecule has 0 amide bonds. The Morgan fingerprint density at radius 2 is 1.36 bits per heavy atom. The van der Waals surface area contributed by atoms with Crippen LogP contribution in [0.25, 0.3) is 0 Å². The van der Waals surface area contributed by atoms with Crippen LogP contribution in [0.15, 0.2) is 0 Å². The lowest BCUT2D eigenvalue weighted by Crippen LogP contribution is -2.32. The zero-order valence-electron chi connectivity index (χ0n) is 16.4. The molecule has 2 N–H and O–H groups in total. The number of nitrogens with one attached hydrogen (secondary N) is 1. The van der Waals surface area contributed by atoms with Crippen molar-refractivity contribution in [3.8, 4) is 0 Å². The predicted octanol–water partition coefficient (Wildman–Crippen LogP) is 4.73. The number of carbonyl (C=O) groups excluding carboxylic acids is 1. The minimum Gasteiger partial charge on any atom is -0.465 e. The first-order chi connectivity index (χ1) is 12.2. The zero-order valence-corrected chi connectivity index (χ0v) is 16.4. The smallest absolute Gasteiger partial charge is 0.323 e. The molecule has 0 aromatic carbocycles. The third-order valence-corrected chi connectivity index (χ3v) is 5.13. The fourth-order valence-electron chi connectivity index (χ4n) is 3.47. The fraction of sp³-hybridized carbons (Fsp3) is 0.952. The van der Waals surface area contributed by atoms with Crippen molar-refractivity contribution in [2.24, 2.45) is 0 Å². The van der Waals surface area contributed by atoms with Gasteiger partial charge in [-0.1, -0.05) is 90.4 Å². The molecule has 1 unspecified atom stereocenters. The van der Waals surface area contributed by atoms with Gasteiger partial charge in [0, 0.05) is 13.0 Å². The van der Waals surface area contributed by atoms with Gasteiger partial charge in [-0.15, -0.1) is 0 Å². The molecule has 1 fully saturated rings. The van der Waals surface area contributed by atoms with Gasteiger partial charge in [0.1, 0.15) is 6.04 Å². The summed E-state index contributed by atoms with van der Waals surface area (Å²) in [5.74, 6) is -0.203. The van der Waals surface area contributed by atoms with Crippen LogP contribution in [0, 0.1) is 0 Å². The van der Waals surface area contributed by atoms with Crippen LogP contribution in [0.4, 0.5) is 0 Å². The molecule has 25 heavy (non-hydrogen) atoms. The first kappa shape index (κ1) is 22.4. The Bertz CT molecular complexity index is 322. The van der Waals surface area contributed by atoms with Crippen LogP contribution >= 0.6 is 0 Å². The van der Waals surface area contributed by atoms with Crippen LogP contribution in [-0.2, 0) is 9.53 Å². The van der Waals surface area contributed by atoms with Crippen LogP contribution in [0.5, 0.6) is 0 Å². The van der Waals surface area contributed by atoms with Crippen LogP contribution < -0.4 is 5.32 Å². The predicted molar refractivity (Wildman–Crippen MR) is 104 cm³/mol. The van der Waals surface area contributed by atoms with E-state index in [0.29, 0.717) is 19.6 Å². The minimum atomic E-state index is -0.404. The van der Waals surface area contributed by atoms with Crippen LogP contribution in [0.1, 0.15) is 103 Å². The van der Waals surface area contributed by atoms with Crippen molar-refractivity contribution < 1.29 is 14.6 Å². The monoisotopic (exact) mass is 355 g/mol. The van der Waals surface area contributed by atoms with Gasteiger partial charge in [0.2, 0.25) is 0 Å². The topological polar surface area (TPSA) is 58.6 Å². The van der Waals surface area contributed by atoms with E-state index in [9.17, 15) is 9.90 Å². The first-order valence-corrected chi connectivity index (χ1v) is 10.8. The summed E-state index contributed by atoms with van der Waals surface area (Å²) in [5, 5.41) is 12.4. The molecule has 1 aliphatic heterocycles. The van der Waals surface area contributed by atoms with Crippen LogP contribution in [0.2, 0.25) is 0 Å². The highest BCUT2D eigenvalue weighted by Crippen LogP contribution is 2.13. The second-order valence-electron chi connectivity index (χ2n) is 7.61. The van der Waals surface area contributed by atoms with E-state index >= 15 is 0 Å². The Hall–Kier alpha value is -0.610. The van der Waals surface area contributed by atoms with E-state index in [1.54, 1.807) is 0 Å². The number of aliphatic hydroxyl groups is 1. The average molecular weight is 356 g/mol. The summed E-state index contributed by atoms with van der Waals surface area (Å²) >= 11 is 0. The number of aliphatic hydroxyl groups excluding tert-OH is 1. The third kappa shape index (κ3) is 12.4. The molecule has 0 aliphatic carbocycles. The number of rotatable bonds is 16. The number of hydrogen-bond donors (Lipinski definition) is 2. The van der Waals surface area contributed by atoms with Crippen molar-refractivity contribution in [3.05, 3.63) is 0 Å². The molecule has 0 saturated carbocycles. The van der Waals surface area contributed by atoms with Crippen molar-refractivity contribution in [2.45, 2.75) is 115 Å². The van der Waals surface area contributed by atoms with Crippen molar-refractivity contribution in [2.75, 3.05) is 13.2 Å². The standard InChI is InChI=1S/C21H41NO3/c1-2-3-4-5-6-7-8-9-10-11-12-13-14-15-16-25-21(24)20-17-19(23)18-22-20/h19-20,22-23H,2-18H2,1H3/t19?,20-/m0/s1. The highest BCUT2D eigenvalue weighted by atomic mass is 16.5. The summed E-state index contributed by atoms with van der Waals surface area (Å²) < 4.78 is 5.27. The molecule has 0 aromatic rings. The van der Waals surface area contributed by atoms with Crippen molar-refractivity contribution in [1.82, 2.24) is 5.32 Å². The van der Waals surface area contributed by atoms with Gasteiger partial charge in [0.15, 0.2) is 0 Å². The molecule has 1 rings (SSSR count). The molecule has 0 radical (unpaired) electrons. The minimum absolute atomic E-state index is 0.203. The van der Waals surface area contributed by atoms with E-state index in [0.717, 1.165) is 12.8 Å². The quantitative estimate of drug-likeness (QED) is 0.310. The Morgan fingerprint density at radius 3 is 1.80 bits per heavy atom. The molecule has 2 atom stereocenters. The maximum atomic E-state index is 11.7. The molecule has 0 bridgehead atoms. The molecule has 0 aromatic heterocycles. The summed E-state index contributed by atoms with van der Waals surface area (Å²) in [5.41, 5.74) is 0. The highest BCUT2D eigenvalue weighted by molar-refractivity contribution is 5.76. The van der Waals surface area contributed by atoms with E-state index in [4.69, 9.17) is 4.74 Å². The summed E-state index contributed by atoms with van der Waals surface area (Å²) in [6.45, 7) is 3.29. The molecule has 4 heteroatoms. The Morgan fingerprint density at radius 1 is 0.880 bits per heavy atom. The fourth-order valence-corrected chi connectivity index (χ4v) is 3.47. The van der Waals surface area contributed by atoms with Gasteiger partial charge in [-0.25, -0.2) is 0 Å². The van der Waals surface area contributed by atoms with Gasteiger partial charge < -0.3 is 15.2 Å². The number of hydrogen-bond acceptors (Lipinski definition) is 4. The number of esters is 1. The Kier molecular flexibility index (Phi) is 14.0. The van der Waals surface area contributed by atoms with Gasteiger partial charge in [-0.05, 0) is 6.42 Å². The normalized spacial score (nSPS) is 20.1. The molecular weight excluding hydrogens is 314 g/mol.